The van der Waals surface area contributed by atoms with Gasteiger partial charge in [0.1, 0.15) is 4.83 Å². The Morgan fingerprint density at radius 2 is 2.08 bits per heavy atom. The normalized spacial score (nSPS) is 11.2. The van der Waals surface area contributed by atoms with Crippen molar-refractivity contribution in [2.45, 2.75) is 13.5 Å². The second-order valence-electron chi connectivity index (χ2n) is 5.52. The summed E-state index contributed by atoms with van der Waals surface area (Å²) in [5.41, 5.74) is 1.68. The number of halogens is 2. The SMILES string of the molecule is COCCNC(=O)c1cc2c(C)nn(Cc3c(Cl)cccc3Cl)c2s1. The molecule has 3 aromatic rings. The van der Waals surface area contributed by atoms with Crippen molar-refractivity contribution in [2.75, 3.05) is 20.3 Å². The summed E-state index contributed by atoms with van der Waals surface area (Å²) in [6, 6.07) is 7.29. The van der Waals surface area contributed by atoms with Crippen molar-refractivity contribution in [1.29, 1.82) is 0 Å². The monoisotopic (exact) mass is 397 g/mol. The number of hydrogen-bond acceptors (Lipinski definition) is 4. The van der Waals surface area contributed by atoms with Gasteiger partial charge in [-0.3, -0.25) is 4.79 Å². The summed E-state index contributed by atoms with van der Waals surface area (Å²) in [5, 5.41) is 9.56. The first-order chi connectivity index (χ1) is 12.0. The number of aromatic nitrogens is 2. The smallest absolute Gasteiger partial charge is 0.261 e. The van der Waals surface area contributed by atoms with Gasteiger partial charge in [0.15, 0.2) is 0 Å². The predicted octanol–water partition coefficient (Wildman–Crippen LogP) is 4.14. The molecule has 2 aromatic heterocycles. The number of nitrogens with one attached hydrogen (secondary N) is 1. The lowest BCUT2D eigenvalue weighted by Crippen LogP contribution is -2.26. The van der Waals surface area contributed by atoms with E-state index < -0.39 is 0 Å². The number of nitrogens with zero attached hydrogens (tertiary/aromatic N) is 2. The zero-order chi connectivity index (χ0) is 18.0. The van der Waals surface area contributed by atoms with Crippen LogP contribution in [-0.2, 0) is 11.3 Å². The van der Waals surface area contributed by atoms with Crippen LogP contribution in [0.4, 0.5) is 0 Å². The largest absolute Gasteiger partial charge is 0.383 e. The number of hydrogen-bond donors (Lipinski definition) is 1. The maximum Gasteiger partial charge on any atom is 0.261 e. The summed E-state index contributed by atoms with van der Waals surface area (Å²) in [6.07, 6.45) is 0. The fourth-order valence-electron chi connectivity index (χ4n) is 2.52. The summed E-state index contributed by atoms with van der Waals surface area (Å²) < 4.78 is 6.79. The molecule has 8 heteroatoms. The van der Waals surface area contributed by atoms with E-state index in [-0.39, 0.29) is 5.91 Å². The highest BCUT2D eigenvalue weighted by molar-refractivity contribution is 7.20. The highest BCUT2D eigenvalue weighted by atomic mass is 35.5. The minimum atomic E-state index is -0.111. The number of aryl methyl sites for hydroxylation is 1. The summed E-state index contributed by atoms with van der Waals surface area (Å²) in [6.45, 7) is 3.33. The average molecular weight is 398 g/mol. The van der Waals surface area contributed by atoms with Crippen LogP contribution in [0, 0.1) is 6.92 Å². The number of thiophene rings is 1. The van der Waals surface area contributed by atoms with Crippen LogP contribution in [0.1, 0.15) is 20.9 Å². The molecule has 0 aliphatic carbocycles. The zero-order valence-corrected chi connectivity index (χ0v) is 16.1. The van der Waals surface area contributed by atoms with Crippen LogP contribution in [0.15, 0.2) is 24.3 Å². The molecule has 3 rings (SSSR count). The number of methoxy groups -OCH3 is 1. The molecule has 0 saturated carbocycles. The van der Waals surface area contributed by atoms with Crippen molar-refractivity contribution in [3.05, 3.63) is 50.4 Å². The van der Waals surface area contributed by atoms with Crippen molar-refractivity contribution >= 4 is 50.7 Å². The van der Waals surface area contributed by atoms with Gasteiger partial charge >= 0.3 is 0 Å². The van der Waals surface area contributed by atoms with E-state index in [2.05, 4.69) is 10.4 Å². The molecule has 5 nitrogen and oxygen atoms in total. The van der Waals surface area contributed by atoms with Gasteiger partial charge in [0.05, 0.1) is 23.7 Å². The van der Waals surface area contributed by atoms with E-state index in [1.807, 2.05) is 23.7 Å². The maximum absolute atomic E-state index is 12.2. The van der Waals surface area contributed by atoms with E-state index in [4.69, 9.17) is 27.9 Å². The molecule has 0 bridgehead atoms. The minimum Gasteiger partial charge on any atom is -0.383 e. The number of fused-ring (bicyclic) bond motifs is 1. The topological polar surface area (TPSA) is 56.1 Å². The molecule has 0 radical (unpaired) electrons. The average Bonchev–Trinajstić information content (AvgIpc) is 3.13. The molecular weight excluding hydrogens is 381 g/mol. The molecule has 0 spiro atoms. The lowest BCUT2D eigenvalue weighted by Gasteiger charge is -2.07. The van der Waals surface area contributed by atoms with E-state index in [9.17, 15) is 4.79 Å². The number of rotatable bonds is 6. The van der Waals surface area contributed by atoms with Crippen molar-refractivity contribution in [2.24, 2.45) is 0 Å². The summed E-state index contributed by atoms with van der Waals surface area (Å²) in [7, 11) is 1.60. The van der Waals surface area contributed by atoms with Crippen LogP contribution < -0.4 is 5.32 Å². The molecule has 1 aromatic carbocycles. The molecule has 1 N–H and O–H groups in total. The Hall–Kier alpha value is -1.60. The highest BCUT2D eigenvalue weighted by Gasteiger charge is 2.17. The third-order valence-corrected chi connectivity index (χ3v) is 5.65. The van der Waals surface area contributed by atoms with Crippen LogP contribution in [0.3, 0.4) is 0 Å². The number of carbonyl (C=O) groups excluding carboxylic acids is 1. The van der Waals surface area contributed by atoms with E-state index in [0.29, 0.717) is 34.6 Å². The van der Waals surface area contributed by atoms with E-state index in [0.717, 1.165) is 21.5 Å². The van der Waals surface area contributed by atoms with Crippen LogP contribution >= 0.6 is 34.5 Å². The Labute approximate surface area is 159 Å². The Morgan fingerprint density at radius 3 is 2.76 bits per heavy atom. The highest BCUT2D eigenvalue weighted by Crippen LogP contribution is 2.31. The van der Waals surface area contributed by atoms with Crippen molar-refractivity contribution < 1.29 is 9.53 Å². The maximum atomic E-state index is 12.2. The molecule has 132 valence electrons. The number of carbonyl (C=O) groups is 1. The van der Waals surface area contributed by atoms with Gasteiger partial charge < -0.3 is 10.1 Å². The van der Waals surface area contributed by atoms with Gasteiger partial charge in [-0.15, -0.1) is 11.3 Å². The predicted molar refractivity (Wildman–Crippen MR) is 102 cm³/mol. The molecule has 2 heterocycles. The van der Waals surface area contributed by atoms with Crippen LogP contribution in [0.25, 0.3) is 10.2 Å². The fraction of sp³-hybridized carbons (Fsp3) is 0.294. The van der Waals surface area contributed by atoms with Gasteiger partial charge in [0.25, 0.3) is 5.91 Å². The van der Waals surface area contributed by atoms with Crippen LogP contribution in [0.5, 0.6) is 0 Å². The third kappa shape index (κ3) is 3.82. The van der Waals surface area contributed by atoms with Crippen LogP contribution in [0.2, 0.25) is 10.0 Å². The summed E-state index contributed by atoms with van der Waals surface area (Å²) >= 11 is 13.9. The van der Waals surface area contributed by atoms with Gasteiger partial charge in [-0.05, 0) is 25.1 Å². The number of ether oxygens (including phenoxy) is 1. The second-order valence-corrected chi connectivity index (χ2v) is 7.37. The third-order valence-electron chi connectivity index (χ3n) is 3.79. The summed E-state index contributed by atoms with van der Waals surface area (Å²) in [5.74, 6) is -0.111. The fourth-order valence-corrected chi connectivity index (χ4v) is 4.11. The molecule has 1 amide bonds. The van der Waals surface area contributed by atoms with Crippen molar-refractivity contribution in [3.8, 4) is 0 Å². The summed E-state index contributed by atoms with van der Waals surface area (Å²) in [4.78, 5) is 13.8. The molecule has 0 unspecified atom stereocenters. The molecule has 0 saturated heterocycles. The Balaban J connectivity index is 1.91. The standard InChI is InChI=1S/C17H17Cl2N3O2S/c1-10-11-8-15(16(23)20-6-7-24-2)25-17(11)22(21-10)9-12-13(18)4-3-5-14(12)19/h3-5,8H,6-7,9H2,1-2H3,(H,20,23). The van der Waals surface area contributed by atoms with Gasteiger partial charge in [-0.1, -0.05) is 29.3 Å². The number of amides is 1. The minimum absolute atomic E-state index is 0.111. The molecule has 0 atom stereocenters. The quantitative estimate of drug-likeness (QED) is 0.635. The van der Waals surface area contributed by atoms with Crippen molar-refractivity contribution in [3.63, 3.8) is 0 Å². The Kier molecular flexibility index (Phi) is 5.64. The molecule has 0 aliphatic rings. The van der Waals surface area contributed by atoms with Gasteiger partial charge in [-0.25, -0.2) is 4.68 Å². The second kappa shape index (κ2) is 7.74. The first kappa shape index (κ1) is 18.2. The van der Waals surface area contributed by atoms with Gasteiger partial charge in [0, 0.05) is 34.6 Å². The van der Waals surface area contributed by atoms with Crippen LogP contribution in [-0.4, -0.2) is 35.9 Å². The molecule has 0 aliphatic heterocycles. The van der Waals surface area contributed by atoms with Crippen molar-refractivity contribution in [1.82, 2.24) is 15.1 Å². The zero-order valence-electron chi connectivity index (χ0n) is 13.8. The molecule has 0 fully saturated rings. The lowest BCUT2D eigenvalue weighted by molar-refractivity contribution is 0.0941. The first-order valence-electron chi connectivity index (χ1n) is 7.68. The van der Waals surface area contributed by atoms with Gasteiger partial charge in [-0.2, -0.15) is 5.10 Å². The molecular formula is C17H17Cl2N3O2S. The Morgan fingerprint density at radius 1 is 1.36 bits per heavy atom. The van der Waals surface area contributed by atoms with Gasteiger partial charge in [0.2, 0.25) is 0 Å². The van der Waals surface area contributed by atoms with E-state index >= 15 is 0 Å². The number of benzene rings is 1. The Bertz CT molecular complexity index is 900. The van der Waals surface area contributed by atoms with E-state index in [1.165, 1.54) is 11.3 Å². The first-order valence-corrected chi connectivity index (χ1v) is 9.25. The van der Waals surface area contributed by atoms with E-state index in [1.54, 1.807) is 19.2 Å². The molecule has 25 heavy (non-hydrogen) atoms. The lowest BCUT2D eigenvalue weighted by atomic mass is 10.2.